The Kier molecular flexibility index (Phi) is 16.6. The normalized spacial score (nSPS) is 16.2. The van der Waals surface area contributed by atoms with E-state index < -0.39 is 72.8 Å². The molecule has 1 unspecified atom stereocenters. The highest BCUT2D eigenvalue weighted by molar-refractivity contribution is 7.87. The molecule has 0 aromatic heterocycles. The number of nitrogens with zero attached hydrogens (tertiary/aromatic N) is 1. The molecule has 4 aromatic carbocycles. The number of methoxy groups -OCH3 is 1. The molecule has 20 heteroatoms. The molecule has 5 rings (SSSR count). The Hall–Kier alpha value is -5.03. The fourth-order valence-corrected chi connectivity index (χ4v) is 11.5. The fraction of sp³-hybridized carbons (Fsp3) is 0.354. The van der Waals surface area contributed by atoms with Crippen LogP contribution in [-0.2, 0) is 67.3 Å². The summed E-state index contributed by atoms with van der Waals surface area (Å²) in [7, 11) is -17.3. The number of allylic oxidation sites excluding steroid dienone is 9. The van der Waals surface area contributed by atoms with Crippen LogP contribution < -0.4 is 4.90 Å². The van der Waals surface area contributed by atoms with E-state index in [-0.39, 0.29) is 41.5 Å². The maximum Gasteiger partial charge on any atom is 0.303 e. The van der Waals surface area contributed by atoms with E-state index in [0.29, 0.717) is 77.0 Å². The van der Waals surface area contributed by atoms with E-state index in [1.807, 2.05) is 50.8 Å². The Morgan fingerprint density at radius 2 is 1.38 bits per heavy atom. The van der Waals surface area contributed by atoms with Gasteiger partial charge >= 0.3 is 5.97 Å². The Labute approximate surface area is 398 Å². The van der Waals surface area contributed by atoms with Crippen LogP contribution in [0.4, 0.5) is 5.69 Å². The summed E-state index contributed by atoms with van der Waals surface area (Å²) in [6, 6.07) is 11.5. The molecular weight excluding hydrogens is 959 g/mol. The van der Waals surface area contributed by atoms with Gasteiger partial charge in [-0.05, 0) is 119 Å². The number of carboxylic acids is 1. The van der Waals surface area contributed by atoms with Crippen LogP contribution in [0.2, 0.25) is 0 Å². The van der Waals surface area contributed by atoms with Crippen molar-refractivity contribution >= 4 is 73.7 Å². The van der Waals surface area contributed by atoms with Crippen molar-refractivity contribution in [1.29, 1.82) is 0 Å². The number of carbonyl (C=O) groups is 1. The van der Waals surface area contributed by atoms with Crippen molar-refractivity contribution < 1.29 is 66.5 Å². The van der Waals surface area contributed by atoms with Gasteiger partial charge in [-0.2, -0.15) is 33.7 Å². The van der Waals surface area contributed by atoms with Gasteiger partial charge in [-0.15, -0.1) is 0 Å². The Bertz CT molecular complexity index is 3220. The first kappa shape index (κ1) is 53.9. The second-order valence-electron chi connectivity index (χ2n) is 17.5. The van der Waals surface area contributed by atoms with E-state index in [9.17, 15) is 56.7 Å². The molecule has 368 valence electrons. The summed E-state index contributed by atoms with van der Waals surface area (Å²) < 4.78 is 144. The summed E-state index contributed by atoms with van der Waals surface area (Å²) in [5.41, 5.74) is 2.48. The van der Waals surface area contributed by atoms with Crippen molar-refractivity contribution in [3.05, 3.63) is 131 Å². The zero-order chi connectivity index (χ0) is 50.6. The number of rotatable bonds is 22. The number of unbranched alkanes of at least 4 members (excludes halogenated alkanes) is 2. The smallest absolute Gasteiger partial charge is 0.303 e. The number of ether oxygens (including phenoxy) is 1. The minimum atomic E-state index is -4.95. The lowest BCUT2D eigenvalue weighted by atomic mass is 9.69. The van der Waals surface area contributed by atoms with Gasteiger partial charge < -0.3 is 14.7 Å². The van der Waals surface area contributed by atoms with Crippen LogP contribution in [0, 0.1) is 6.92 Å². The van der Waals surface area contributed by atoms with E-state index in [1.54, 1.807) is 42.5 Å². The van der Waals surface area contributed by atoms with Gasteiger partial charge in [0.05, 0.1) is 22.2 Å². The quantitative estimate of drug-likeness (QED) is 0.0280. The first-order valence-corrected chi connectivity index (χ1v) is 27.4. The number of hydrogen-bond donors (Lipinski definition) is 5. The Morgan fingerprint density at radius 3 is 2.00 bits per heavy atom. The van der Waals surface area contributed by atoms with Crippen LogP contribution in [0.15, 0.2) is 124 Å². The molecule has 0 spiro atoms. The average molecular weight is 1020 g/mol. The number of fused-ring (bicyclic) bond motifs is 4. The topological polar surface area (TPSA) is 267 Å². The summed E-state index contributed by atoms with van der Waals surface area (Å²) in [5.74, 6) is -1.45. The Balaban J connectivity index is 1.54. The van der Waals surface area contributed by atoms with Crippen LogP contribution in [-0.4, -0.2) is 89.0 Å². The summed E-state index contributed by atoms with van der Waals surface area (Å²) in [6.07, 6.45) is 14.4. The first-order chi connectivity index (χ1) is 31.5. The molecule has 0 radical (unpaired) electrons. The predicted molar refractivity (Wildman–Crippen MR) is 262 cm³/mol. The molecule has 0 amide bonds. The van der Waals surface area contributed by atoms with E-state index in [1.165, 1.54) is 31.4 Å². The van der Waals surface area contributed by atoms with Crippen LogP contribution in [0.3, 0.4) is 0 Å². The maximum absolute atomic E-state index is 12.5. The van der Waals surface area contributed by atoms with Gasteiger partial charge in [0.2, 0.25) is 0 Å². The van der Waals surface area contributed by atoms with Gasteiger partial charge in [-0.25, -0.2) is 0 Å². The molecule has 1 heterocycles. The molecule has 5 N–H and O–H groups in total. The van der Waals surface area contributed by atoms with E-state index in [0.717, 1.165) is 11.3 Å². The molecule has 68 heavy (non-hydrogen) atoms. The third-order valence-corrected chi connectivity index (χ3v) is 15.7. The van der Waals surface area contributed by atoms with Crippen LogP contribution in [0.1, 0.15) is 81.5 Å². The second kappa shape index (κ2) is 20.9. The molecule has 4 aromatic rings. The van der Waals surface area contributed by atoms with E-state index >= 15 is 0 Å². The van der Waals surface area contributed by atoms with Crippen molar-refractivity contribution in [3.63, 3.8) is 0 Å². The van der Waals surface area contributed by atoms with Gasteiger partial charge in [0.15, 0.2) is 0 Å². The van der Waals surface area contributed by atoms with Crippen molar-refractivity contribution in [2.24, 2.45) is 0 Å². The van der Waals surface area contributed by atoms with Gasteiger partial charge in [-0.3, -0.25) is 23.0 Å². The lowest BCUT2D eigenvalue weighted by Crippen LogP contribution is -2.27. The second-order valence-corrected chi connectivity index (χ2v) is 23.3. The van der Waals surface area contributed by atoms with Gasteiger partial charge in [0.25, 0.3) is 40.5 Å². The molecule has 16 nitrogen and oxygen atoms in total. The molecule has 0 saturated heterocycles. The number of hydrogen-bond acceptors (Lipinski definition) is 11. The van der Waals surface area contributed by atoms with Crippen LogP contribution in [0.5, 0.6) is 0 Å². The SMILES string of the molecule is C=C(/C=C/C=C/C=C/C=C1/N(CCCCCC(=O)O)c2ccc3c(S(=O)(=O)O)cc(S(=O)(=O)O)cc3c2C1(C)C)C(C)(CCCS(=O)(=O)O)c1c(C)ccc2c(CCOC)cc(S(=O)(=O)O)cc12. The first-order valence-electron chi connectivity index (χ1n) is 21.5. The molecule has 0 fully saturated rings. The monoisotopic (exact) mass is 1020 g/mol. The van der Waals surface area contributed by atoms with Crippen molar-refractivity contribution in [2.45, 2.75) is 98.2 Å². The minimum Gasteiger partial charge on any atom is -0.481 e. The van der Waals surface area contributed by atoms with Crippen molar-refractivity contribution in [1.82, 2.24) is 0 Å². The summed E-state index contributed by atoms with van der Waals surface area (Å²) >= 11 is 0. The molecule has 1 aliphatic rings. The van der Waals surface area contributed by atoms with E-state index in [2.05, 4.69) is 6.58 Å². The highest BCUT2D eigenvalue weighted by Crippen LogP contribution is 2.52. The van der Waals surface area contributed by atoms with Crippen LogP contribution >= 0.6 is 0 Å². The maximum atomic E-state index is 12.5. The number of benzene rings is 4. The number of anilines is 1. The largest absolute Gasteiger partial charge is 0.481 e. The molecule has 0 aliphatic carbocycles. The zero-order valence-corrected chi connectivity index (χ0v) is 41.6. The van der Waals surface area contributed by atoms with E-state index in [4.69, 9.17) is 9.84 Å². The third-order valence-electron chi connectivity index (χ3n) is 12.4. The summed E-state index contributed by atoms with van der Waals surface area (Å²) in [6.45, 7) is 12.5. The average Bonchev–Trinajstić information content (AvgIpc) is 3.44. The highest BCUT2D eigenvalue weighted by atomic mass is 32.2. The standard InChI is InChI=1S/C48H57NO15S4/c1-32-19-20-37-34(23-26-64-6)28-35(66(55,56)57)29-39(37)45(32)48(5,24-15-27-65(52,53)54)33(2)16-11-8-7-9-12-17-43-47(3,4)46-40-30-36(67(58,59)60)31-42(68(61,62)63)38(40)21-22-41(46)49(43)25-14-10-13-18-44(50)51/h7-9,11-12,16-17,19-22,28-31H,2,10,13-15,18,23-27H2,1,3-6H3,(H,50,51)(H,52,53,54)(H,55,56,57)(H,58,59,60)(H,61,62,63)/b8-7+,12-9+,16-11+,43-17+. The van der Waals surface area contributed by atoms with Gasteiger partial charge in [-0.1, -0.05) is 88.4 Å². The van der Waals surface area contributed by atoms with Gasteiger partial charge in [0, 0.05) is 47.7 Å². The lowest BCUT2D eigenvalue weighted by molar-refractivity contribution is -0.137. The Morgan fingerprint density at radius 1 is 0.765 bits per heavy atom. The molecule has 1 aliphatic heterocycles. The number of aliphatic carboxylic acids is 1. The minimum absolute atomic E-state index is 0.00671. The third kappa shape index (κ3) is 12.4. The fourth-order valence-electron chi connectivity index (χ4n) is 9.11. The number of carboxylic acid groups (broad SMARTS) is 1. The van der Waals surface area contributed by atoms with Crippen LogP contribution in [0.25, 0.3) is 21.5 Å². The summed E-state index contributed by atoms with van der Waals surface area (Å²) in [4.78, 5) is 11.4. The molecule has 0 saturated carbocycles. The summed E-state index contributed by atoms with van der Waals surface area (Å²) in [5, 5.41) is 10.6. The molecule has 1 atom stereocenters. The van der Waals surface area contributed by atoms with Gasteiger partial charge in [0.1, 0.15) is 4.90 Å². The lowest BCUT2D eigenvalue weighted by Gasteiger charge is -2.34. The molecule has 0 bridgehead atoms. The zero-order valence-electron chi connectivity index (χ0n) is 38.3. The highest BCUT2D eigenvalue weighted by Gasteiger charge is 2.42. The number of aryl methyl sites for hydroxylation is 1. The van der Waals surface area contributed by atoms with Crippen molar-refractivity contribution in [3.8, 4) is 0 Å². The molecular formula is C48H57NO15S4. The van der Waals surface area contributed by atoms with Crippen molar-refractivity contribution in [2.75, 3.05) is 30.9 Å². The predicted octanol–water partition coefficient (Wildman–Crippen LogP) is 8.71.